The fraction of sp³-hybridized carbons (Fsp3) is 0.333. The van der Waals surface area contributed by atoms with Crippen LogP contribution < -0.4 is 0 Å². The SMILES string of the molecule is C/C(=C\CN(C)C)c1ccccc1. The molecule has 0 fully saturated rings. The average molecular weight is 175 g/mol. The van der Waals surface area contributed by atoms with E-state index < -0.39 is 0 Å². The molecule has 0 heterocycles. The predicted molar refractivity (Wildman–Crippen MR) is 58.6 cm³/mol. The van der Waals surface area contributed by atoms with Crippen molar-refractivity contribution >= 4 is 5.57 Å². The van der Waals surface area contributed by atoms with Gasteiger partial charge < -0.3 is 4.90 Å². The highest BCUT2D eigenvalue weighted by Crippen LogP contribution is 2.11. The maximum absolute atomic E-state index is 2.25. The van der Waals surface area contributed by atoms with E-state index in [1.54, 1.807) is 0 Å². The van der Waals surface area contributed by atoms with Gasteiger partial charge in [-0.3, -0.25) is 0 Å². The van der Waals surface area contributed by atoms with E-state index in [1.165, 1.54) is 11.1 Å². The molecule has 1 rings (SSSR count). The van der Waals surface area contributed by atoms with Crippen molar-refractivity contribution in [1.82, 2.24) is 4.90 Å². The minimum absolute atomic E-state index is 1.00. The molecule has 1 aromatic rings. The first kappa shape index (κ1) is 10.0. The molecule has 0 aliphatic heterocycles. The molecule has 0 radical (unpaired) electrons. The van der Waals surface area contributed by atoms with Gasteiger partial charge in [0.2, 0.25) is 0 Å². The van der Waals surface area contributed by atoms with Gasteiger partial charge in [-0.2, -0.15) is 0 Å². The van der Waals surface area contributed by atoms with Gasteiger partial charge >= 0.3 is 0 Å². The molecule has 0 unspecified atom stereocenters. The number of nitrogens with zero attached hydrogens (tertiary/aromatic N) is 1. The molecule has 1 heteroatoms. The van der Waals surface area contributed by atoms with E-state index in [2.05, 4.69) is 56.3 Å². The Kier molecular flexibility index (Phi) is 3.71. The molecule has 1 nitrogen and oxygen atoms in total. The predicted octanol–water partition coefficient (Wildman–Crippen LogP) is 2.65. The monoisotopic (exact) mass is 175 g/mol. The lowest BCUT2D eigenvalue weighted by Crippen LogP contribution is -2.10. The minimum atomic E-state index is 1.00. The Morgan fingerprint density at radius 2 is 1.85 bits per heavy atom. The van der Waals surface area contributed by atoms with Crippen molar-refractivity contribution in [2.75, 3.05) is 20.6 Å². The lowest BCUT2D eigenvalue weighted by molar-refractivity contribution is 0.457. The molecule has 0 saturated heterocycles. The van der Waals surface area contributed by atoms with Crippen LogP contribution in [-0.2, 0) is 0 Å². The number of hydrogen-bond acceptors (Lipinski definition) is 1. The van der Waals surface area contributed by atoms with E-state index in [0.717, 1.165) is 6.54 Å². The minimum Gasteiger partial charge on any atom is -0.306 e. The van der Waals surface area contributed by atoms with E-state index in [0.29, 0.717) is 0 Å². The second-order valence-corrected chi connectivity index (χ2v) is 3.52. The first-order valence-electron chi connectivity index (χ1n) is 4.57. The van der Waals surface area contributed by atoms with E-state index in [4.69, 9.17) is 0 Å². The molecule has 0 aliphatic carbocycles. The molecule has 0 spiro atoms. The largest absolute Gasteiger partial charge is 0.306 e. The summed E-state index contributed by atoms with van der Waals surface area (Å²) < 4.78 is 0. The molecular formula is C12H17N. The van der Waals surface area contributed by atoms with Crippen molar-refractivity contribution in [3.8, 4) is 0 Å². The number of hydrogen-bond donors (Lipinski definition) is 0. The zero-order valence-corrected chi connectivity index (χ0v) is 8.62. The van der Waals surface area contributed by atoms with Crippen LogP contribution in [0.2, 0.25) is 0 Å². The van der Waals surface area contributed by atoms with Crippen molar-refractivity contribution in [2.24, 2.45) is 0 Å². The van der Waals surface area contributed by atoms with Crippen molar-refractivity contribution < 1.29 is 0 Å². The Balaban J connectivity index is 2.68. The van der Waals surface area contributed by atoms with Gasteiger partial charge in [-0.15, -0.1) is 0 Å². The van der Waals surface area contributed by atoms with Gasteiger partial charge in [-0.25, -0.2) is 0 Å². The zero-order valence-electron chi connectivity index (χ0n) is 8.62. The second-order valence-electron chi connectivity index (χ2n) is 3.52. The summed E-state index contributed by atoms with van der Waals surface area (Å²) in [5.74, 6) is 0. The topological polar surface area (TPSA) is 3.24 Å². The average Bonchev–Trinajstić information content (AvgIpc) is 2.15. The lowest BCUT2D eigenvalue weighted by Gasteiger charge is -2.06. The quantitative estimate of drug-likeness (QED) is 0.682. The van der Waals surface area contributed by atoms with Crippen molar-refractivity contribution in [3.63, 3.8) is 0 Å². The van der Waals surface area contributed by atoms with Gasteiger partial charge in [0, 0.05) is 6.54 Å². The molecule has 0 aromatic heterocycles. The maximum Gasteiger partial charge on any atom is 0.0162 e. The summed E-state index contributed by atoms with van der Waals surface area (Å²) in [6.07, 6.45) is 2.25. The first-order valence-corrected chi connectivity index (χ1v) is 4.57. The van der Waals surface area contributed by atoms with Crippen LogP contribution >= 0.6 is 0 Å². The van der Waals surface area contributed by atoms with E-state index in [1.807, 2.05) is 6.07 Å². The normalized spacial score (nSPS) is 12.2. The zero-order chi connectivity index (χ0) is 9.68. The van der Waals surface area contributed by atoms with Crippen LogP contribution in [0.3, 0.4) is 0 Å². The van der Waals surface area contributed by atoms with Crippen molar-refractivity contribution in [2.45, 2.75) is 6.92 Å². The number of likely N-dealkylation sites (N-methyl/N-ethyl adjacent to an activating group) is 1. The van der Waals surface area contributed by atoms with Crippen LogP contribution in [0.4, 0.5) is 0 Å². The molecule has 0 N–H and O–H groups in total. The van der Waals surface area contributed by atoms with E-state index in [-0.39, 0.29) is 0 Å². The summed E-state index contributed by atoms with van der Waals surface area (Å²) in [5, 5.41) is 0. The standard InChI is InChI=1S/C12H17N/c1-11(9-10-13(2)3)12-7-5-4-6-8-12/h4-9H,10H2,1-3H3/b11-9+. The summed E-state index contributed by atoms with van der Waals surface area (Å²) >= 11 is 0. The second kappa shape index (κ2) is 4.83. The van der Waals surface area contributed by atoms with Crippen LogP contribution in [0.15, 0.2) is 36.4 Å². The lowest BCUT2D eigenvalue weighted by atomic mass is 10.1. The fourth-order valence-electron chi connectivity index (χ4n) is 1.14. The molecule has 13 heavy (non-hydrogen) atoms. The highest BCUT2D eigenvalue weighted by Gasteiger charge is 1.93. The Morgan fingerprint density at radius 1 is 1.23 bits per heavy atom. The van der Waals surface area contributed by atoms with Crippen molar-refractivity contribution in [1.29, 1.82) is 0 Å². The van der Waals surface area contributed by atoms with Crippen LogP contribution in [0.5, 0.6) is 0 Å². The Hall–Kier alpha value is -1.08. The van der Waals surface area contributed by atoms with Gasteiger partial charge in [0.1, 0.15) is 0 Å². The Morgan fingerprint density at radius 3 is 2.38 bits per heavy atom. The molecule has 1 aromatic carbocycles. The Labute approximate surface area is 80.7 Å². The molecule has 0 atom stereocenters. The van der Waals surface area contributed by atoms with Gasteiger partial charge in [0.15, 0.2) is 0 Å². The van der Waals surface area contributed by atoms with Crippen LogP contribution in [-0.4, -0.2) is 25.5 Å². The molecule has 0 bridgehead atoms. The summed E-state index contributed by atoms with van der Waals surface area (Å²) in [4.78, 5) is 2.16. The molecule has 0 amide bonds. The Bertz CT molecular complexity index is 272. The van der Waals surface area contributed by atoms with Crippen LogP contribution in [0, 0.1) is 0 Å². The third-order valence-electron chi connectivity index (χ3n) is 1.99. The third-order valence-corrected chi connectivity index (χ3v) is 1.99. The number of benzene rings is 1. The van der Waals surface area contributed by atoms with Crippen LogP contribution in [0.25, 0.3) is 5.57 Å². The summed E-state index contributed by atoms with van der Waals surface area (Å²) in [5.41, 5.74) is 2.65. The summed E-state index contributed by atoms with van der Waals surface area (Å²) in [6.45, 7) is 3.15. The smallest absolute Gasteiger partial charge is 0.0162 e. The number of allylic oxidation sites excluding steroid dienone is 1. The highest BCUT2D eigenvalue weighted by molar-refractivity contribution is 5.63. The van der Waals surface area contributed by atoms with Crippen LogP contribution in [0.1, 0.15) is 12.5 Å². The first-order chi connectivity index (χ1) is 6.20. The third kappa shape index (κ3) is 3.43. The molecule has 70 valence electrons. The summed E-state index contributed by atoms with van der Waals surface area (Å²) in [7, 11) is 4.16. The van der Waals surface area contributed by atoms with Gasteiger partial charge in [-0.1, -0.05) is 36.4 Å². The molecule has 0 saturated carbocycles. The van der Waals surface area contributed by atoms with Gasteiger partial charge in [0.05, 0.1) is 0 Å². The fourth-order valence-corrected chi connectivity index (χ4v) is 1.14. The summed E-state index contributed by atoms with van der Waals surface area (Å²) in [6, 6.07) is 10.5. The van der Waals surface area contributed by atoms with Gasteiger partial charge in [-0.05, 0) is 32.2 Å². The van der Waals surface area contributed by atoms with Crippen molar-refractivity contribution in [3.05, 3.63) is 42.0 Å². The van der Waals surface area contributed by atoms with Gasteiger partial charge in [0.25, 0.3) is 0 Å². The highest BCUT2D eigenvalue weighted by atomic mass is 15.0. The molecule has 0 aliphatic rings. The maximum atomic E-state index is 2.25. The number of rotatable bonds is 3. The van der Waals surface area contributed by atoms with E-state index in [9.17, 15) is 0 Å². The molecular weight excluding hydrogens is 158 g/mol. The van der Waals surface area contributed by atoms with E-state index >= 15 is 0 Å².